The van der Waals surface area contributed by atoms with Gasteiger partial charge >= 0.3 is 0 Å². The van der Waals surface area contributed by atoms with Crippen LogP contribution in [-0.4, -0.2) is 24.3 Å². The molecule has 3 heteroatoms. The van der Waals surface area contributed by atoms with Gasteiger partial charge in [-0.05, 0) is 56.4 Å². The summed E-state index contributed by atoms with van der Waals surface area (Å²) in [5, 5.41) is 8.99. The third-order valence-electron chi connectivity index (χ3n) is 3.66. The van der Waals surface area contributed by atoms with Crippen molar-refractivity contribution < 1.29 is 5.11 Å². The Morgan fingerprint density at radius 3 is 2.71 bits per heavy atom. The second-order valence-corrected chi connectivity index (χ2v) is 4.90. The van der Waals surface area contributed by atoms with Crippen LogP contribution in [0.2, 0.25) is 0 Å². The number of benzene rings is 1. The molecule has 1 aliphatic rings. The van der Waals surface area contributed by atoms with Crippen LogP contribution in [0.25, 0.3) is 0 Å². The predicted molar refractivity (Wildman–Crippen MR) is 72.3 cm³/mol. The van der Waals surface area contributed by atoms with E-state index in [0.717, 1.165) is 24.2 Å². The van der Waals surface area contributed by atoms with Crippen molar-refractivity contribution in [3.63, 3.8) is 0 Å². The molecule has 0 aromatic heterocycles. The Morgan fingerprint density at radius 1 is 1.41 bits per heavy atom. The van der Waals surface area contributed by atoms with Crippen LogP contribution in [0.4, 0.5) is 11.4 Å². The molecule has 1 saturated carbocycles. The first-order chi connectivity index (χ1) is 8.22. The minimum absolute atomic E-state index is 0.261. The molecule has 2 rings (SSSR count). The molecule has 3 N–H and O–H groups in total. The van der Waals surface area contributed by atoms with E-state index >= 15 is 0 Å². The molecule has 17 heavy (non-hydrogen) atoms. The Labute approximate surface area is 103 Å². The topological polar surface area (TPSA) is 49.5 Å². The number of aliphatic hydroxyl groups is 1. The van der Waals surface area contributed by atoms with Crippen LogP contribution < -0.4 is 10.6 Å². The fourth-order valence-electron chi connectivity index (χ4n) is 2.30. The minimum Gasteiger partial charge on any atom is -0.399 e. The zero-order valence-corrected chi connectivity index (χ0v) is 10.5. The molecule has 1 fully saturated rings. The molecule has 0 aliphatic heterocycles. The van der Waals surface area contributed by atoms with Gasteiger partial charge in [0.25, 0.3) is 0 Å². The van der Waals surface area contributed by atoms with Crippen LogP contribution in [0.3, 0.4) is 0 Å². The molecule has 0 spiro atoms. The third-order valence-corrected chi connectivity index (χ3v) is 3.66. The van der Waals surface area contributed by atoms with Crippen molar-refractivity contribution in [3.05, 3.63) is 23.8 Å². The second-order valence-electron chi connectivity index (χ2n) is 4.90. The molecule has 0 atom stereocenters. The van der Waals surface area contributed by atoms with Gasteiger partial charge in [0.05, 0.1) is 0 Å². The first kappa shape index (κ1) is 12.2. The van der Waals surface area contributed by atoms with E-state index in [9.17, 15) is 0 Å². The van der Waals surface area contributed by atoms with Gasteiger partial charge in [0.2, 0.25) is 0 Å². The molecular formula is C14H22N2O. The standard InChI is InChI=1S/C14H22N2O/c1-11-10-13(6-7-14(11)15)16(8-3-9-17)12-4-2-5-12/h6-7,10,12,17H,2-5,8-9,15H2,1H3. The van der Waals surface area contributed by atoms with Crippen LogP contribution in [0, 0.1) is 6.92 Å². The Bertz CT molecular complexity index is 374. The third kappa shape index (κ3) is 2.72. The molecule has 1 aromatic carbocycles. The van der Waals surface area contributed by atoms with Crippen molar-refractivity contribution in [3.8, 4) is 0 Å². The summed E-state index contributed by atoms with van der Waals surface area (Å²) in [6.45, 7) is 3.24. The lowest BCUT2D eigenvalue weighted by Crippen LogP contribution is -2.41. The lowest BCUT2D eigenvalue weighted by atomic mass is 9.90. The van der Waals surface area contributed by atoms with Crippen LogP contribution in [0.1, 0.15) is 31.2 Å². The number of hydrogen-bond acceptors (Lipinski definition) is 3. The fourth-order valence-corrected chi connectivity index (χ4v) is 2.30. The molecule has 0 amide bonds. The van der Waals surface area contributed by atoms with Gasteiger partial charge in [0.1, 0.15) is 0 Å². The molecule has 1 aromatic rings. The number of anilines is 2. The Kier molecular flexibility index (Phi) is 3.89. The molecule has 0 unspecified atom stereocenters. The highest BCUT2D eigenvalue weighted by Crippen LogP contribution is 2.31. The van der Waals surface area contributed by atoms with Gasteiger partial charge in [-0.25, -0.2) is 0 Å². The Balaban J connectivity index is 2.15. The smallest absolute Gasteiger partial charge is 0.0447 e. The predicted octanol–water partition coefficient (Wildman–Crippen LogP) is 2.32. The zero-order valence-electron chi connectivity index (χ0n) is 10.5. The van der Waals surface area contributed by atoms with Crippen molar-refractivity contribution in [1.29, 1.82) is 0 Å². The van der Waals surface area contributed by atoms with Gasteiger partial charge < -0.3 is 15.7 Å². The number of hydrogen-bond donors (Lipinski definition) is 2. The summed E-state index contributed by atoms with van der Waals surface area (Å²) in [6.07, 6.45) is 4.71. The largest absolute Gasteiger partial charge is 0.399 e. The Hall–Kier alpha value is -1.22. The van der Waals surface area contributed by atoms with Crippen LogP contribution >= 0.6 is 0 Å². The van der Waals surface area contributed by atoms with E-state index in [1.807, 2.05) is 13.0 Å². The molecule has 94 valence electrons. The van der Waals surface area contributed by atoms with E-state index < -0.39 is 0 Å². The number of nitrogen functional groups attached to an aromatic ring is 1. The maximum Gasteiger partial charge on any atom is 0.0447 e. The highest BCUT2D eigenvalue weighted by Gasteiger charge is 2.24. The summed E-state index contributed by atoms with van der Waals surface area (Å²) in [5.41, 5.74) is 9.08. The van der Waals surface area contributed by atoms with Gasteiger partial charge in [-0.1, -0.05) is 0 Å². The summed E-state index contributed by atoms with van der Waals surface area (Å²) in [5.74, 6) is 0. The lowest BCUT2D eigenvalue weighted by molar-refractivity contribution is 0.283. The van der Waals surface area contributed by atoms with E-state index in [1.54, 1.807) is 0 Å². The van der Waals surface area contributed by atoms with Crippen molar-refractivity contribution in [1.82, 2.24) is 0 Å². The zero-order chi connectivity index (χ0) is 12.3. The molecule has 0 heterocycles. The van der Waals surface area contributed by atoms with Crippen LogP contribution in [0.5, 0.6) is 0 Å². The van der Waals surface area contributed by atoms with Crippen molar-refractivity contribution >= 4 is 11.4 Å². The van der Waals surface area contributed by atoms with Gasteiger partial charge in [-0.15, -0.1) is 0 Å². The highest BCUT2D eigenvalue weighted by atomic mass is 16.3. The molecule has 1 aliphatic carbocycles. The van der Waals surface area contributed by atoms with E-state index in [2.05, 4.69) is 17.0 Å². The summed E-state index contributed by atoms with van der Waals surface area (Å²) < 4.78 is 0. The lowest BCUT2D eigenvalue weighted by Gasteiger charge is -2.39. The van der Waals surface area contributed by atoms with E-state index in [4.69, 9.17) is 10.8 Å². The summed E-state index contributed by atoms with van der Waals surface area (Å²) in [4.78, 5) is 2.42. The first-order valence-electron chi connectivity index (χ1n) is 6.46. The number of nitrogens with two attached hydrogens (primary N) is 1. The average Bonchev–Trinajstić information content (AvgIpc) is 2.25. The quantitative estimate of drug-likeness (QED) is 0.769. The molecule has 0 saturated heterocycles. The summed E-state index contributed by atoms with van der Waals surface area (Å²) in [7, 11) is 0. The van der Waals surface area contributed by atoms with E-state index in [1.165, 1.54) is 24.9 Å². The van der Waals surface area contributed by atoms with E-state index in [-0.39, 0.29) is 6.61 Å². The number of nitrogens with zero attached hydrogens (tertiary/aromatic N) is 1. The van der Waals surface area contributed by atoms with Gasteiger partial charge in [-0.3, -0.25) is 0 Å². The van der Waals surface area contributed by atoms with E-state index in [0.29, 0.717) is 6.04 Å². The van der Waals surface area contributed by atoms with Crippen molar-refractivity contribution in [2.45, 2.75) is 38.6 Å². The van der Waals surface area contributed by atoms with Gasteiger partial charge in [-0.2, -0.15) is 0 Å². The Morgan fingerprint density at radius 2 is 2.18 bits per heavy atom. The van der Waals surface area contributed by atoms with Crippen molar-refractivity contribution in [2.24, 2.45) is 0 Å². The number of aliphatic hydroxyl groups excluding tert-OH is 1. The molecule has 0 radical (unpaired) electrons. The van der Waals surface area contributed by atoms with Crippen molar-refractivity contribution in [2.75, 3.05) is 23.8 Å². The summed E-state index contributed by atoms with van der Waals surface area (Å²) >= 11 is 0. The minimum atomic E-state index is 0.261. The van der Waals surface area contributed by atoms with Gasteiger partial charge in [0.15, 0.2) is 0 Å². The molecule has 0 bridgehead atoms. The SMILES string of the molecule is Cc1cc(N(CCCO)C2CCC2)ccc1N. The normalized spacial score (nSPS) is 15.6. The maximum atomic E-state index is 8.99. The average molecular weight is 234 g/mol. The van der Waals surface area contributed by atoms with Crippen LogP contribution in [-0.2, 0) is 0 Å². The van der Waals surface area contributed by atoms with Gasteiger partial charge in [0, 0.05) is 30.6 Å². The second kappa shape index (κ2) is 5.41. The fraction of sp³-hybridized carbons (Fsp3) is 0.571. The maximum absolute atomic E-state index is 8.99. The first-order valence-corrected chi connectivity index (χ1v) is 6.46. The van der Waals surface area contributed by atoms with Crippen LogP contribution in [0.15, 0.2) is 18.2 Å². The number of rotatable bonds is 5. The molecule has 3 nitrogen and oxygen atoms in total. The molecular weight excluding hydrogens is 212 g/mol. The monoisotopic (exact) mass is 234 g/mol. The number of aryl methyl sites for hydroxylation is 1. The highest BCUT2D eigenvalue weighted by molar-refractivity contribution is 5.58. The summed E-state index contributed by atoms with van der Waals surface area (Å²) in [6, 6.07) is 6.89.